The van der Waals surface area contributed by atoms with E-state index in [4.69, 9.17) is 18.5 Å². The van der Waals surface area contributed by atoms with Gasteiger partial charge in [0.25, 0.3) is 11.8 Å². The summed E-state index contributed by atoms with van der Waals surface area (Å²) in [7, 11) is 1.57. The first kappa shape index (κ1) is 20.2. The molecule has 1 amide bonds. The third-order valence-corrected chi connectivity index (χ3v) is 4.98. The highest BCUT2D eigenvalue weighted by Crippen LogP contribution is 2.21. The van der Waals surface area contributed by atoms with Crippen molar-refractivity contribution in [2.24, 2.45) is 0 Å². The normalized spacial score (nSPS) is 16.7. The number of ether oxygens (including phenoxy) is 2. The van der Waals surface area contributed by atoms with Crippen molar-refractivity contribution < 1.29 is 23.3 Å². The quantitative estimate of drug-likeness (QED) is 0.575. The smallest absolute Gasteiger partial charge is 0.276 e. The van der Waals surface area contributed by atoms with E-state index in [1.807, 2.05) is 0 Å². The number of nitrogens with zero attached hydrogens (tertiary/aromatic N) is 5. The second-order valence-electron chi connectivity index (χ2n) is 7.08. The van der Waals surface area contributed by atoms with Crippen LogP contribution >= 0.6 is 0 Å². The Morgan fingerprint density at radius 1 is 1.23 bits per heavy atom. The molecule has 158 valence electrons. The van der Waals surface area contributed by atoms with Gasteiger partial charge < -0.3 is 23.4 Å². The van der Waals surface area contributed by atoms with Gasteiger partial charge in [-0.3, -0.25) is 9.78 Å². The van der Waals surface area contributed by atoms with Crippen LogP contribution in [0.15, 0.2) is 33.6 Å². The zero-order valence-electron chi connectivity index (χ0n) is 16.9. The number of carbonyl (C=O) groups excluding carboxylic acids is 1. The minimum Gasteiger partial charge on any atom is -0.380 e. The van der Waals surface area contributed by atoms with Crippen LogP contribution in [0.3, 0.4) is 0 Å². The van der Waals surface area contributed by atoms with Gasteiger partial charge >= 0.3 is 0 Å². The van der Waals surface area contributed by atoms with E-state index in [-0.39, 0.29) is 25.2 Å². The Morgan fingerprint density at radius 2 is 2.07 bits per heavy atom. The van der Waals surface area contributed by atoms with Crippen LogP contribution < -0.4 is 0 Å². The van der Waals surface area contributed by atoms with E-state index in [2.05, 4.69) is 20.3 Å². The minimum absolute atomic E-state index is 0.121. The molecule has 1 aliphatic heterocycles. The molecule has 0 spiro atoms. The lowest BCUT2D eigenvalue weighted by Gasteiger charge is -2.32. The SMILES string of the molecule is COCc1c(C(=O)N2CCCC(OCc3noc(-c4ccncc4)n3)C2)noc1C. The van der Waals surface area contributed by atoms with Crippen molar-refractivity contribution in [3.8, 4) is 11.5 Å². The van der Waals surface area contributed by atoms with Gasteiger partial charge in [-0.15, -0.1) is 0 Å². The summed E-state index contributed by atoms with van der Waals surface area (Å²) >= 11 is 0. The number of piperidine rings is 1. The fraction of sp³-hybridized carbons (Fsp3) is 0.450. The molecule has 10 nitrogen and oxygen atoms in total. The van der Waals surface area contributed by atoms with Crippen LogP contribution in [-0.2, 0) is 22.7 Å². The molecule has 0 aromatic carbocycles. The van der Waals surface area contributed by atoms with Gasteiger partial charge in [0.05, 0.1) is 18.3 Å². The van der Waals surface area contributed by atoms with Crippen molar-refractivity contribution in [2.75, 3.05) is 20.2 Å². The Bertz CT molecular complexity index is 987. The molecule has 1 unspecified atom stereocenters. The highest BCUT2D eigenvalue weighted by atomic mass is 16.5. The minimum atomic E-state index is -0.174. The van der Waals surface area contributed by atoms with Crippen molar-refractivity contribution in [2.45, 2.75) is 39.1 Å². The Balaban J connectivity index is 1.36. The zero-order chi connectivity index (χ0) is 20.9. The first-order valence-electron chi connectivity index (χ1n) is 9.73. The largest absolute Gasteiger partial charge is 0.380 e. The molecule has 0 aliphatic carbocycles. The van der Waals surface area contributed by atoms with Gasteiger partial charge in [0.2, 0.25) is 0 Å². The van der Waals surface area contributed by atoms with E-state index in [0.29, 0.717) is 41.8 Å². The topological polar surface area (TPSA) is 117 Å². The maximum Gasteiger partial charge on any atom is 0.276 e. The summed E-state index contributed by atoms with van der Waals surface area (Å²) in [4.78, 5) is 23.0. The second-order valence-corrected chi connectivity index (χ2v) is 7.08. The summed E-state index contributed by atoms with van der Waals surface area (Å²) in [6.45, 7) is 3.37. The molecular formula is C20H23N5O5. The molecule has 10 heteroatoms. The molecule has 30 heavy (non-hydrogen) atoms. The van der Waals surface area contributed by atoms with Crippen molar-refractivity contribution in [1.29, 1.82) is 0 Å². The van der Waals surface area contributed by atoms with Crippen molar-refractivity contribution >= 4 is 5.91 Å². The molecule has 1 saturated heterocycles. The maximum atomic E-state index is 12.9. The highest BCUT2D eigenvalue weighted by molar-refractivity contribution is 5.93. The number of pyridine rings is 1. The van der Waals surface area contributed by atoms with Gasteiger partial charge in [-0.2, -0.15) is 4.98 Å². The predicted molar refractivity (Wildman–Crippen MR) is 103 cm³/mol. The number of rotatable bonds is 7. The van der Waals surface area contributed by atoms with Crippen LogP contribution in [0, 0.1) is 6.92 Å². The first-order chi connectivity index (χ1) is 14.7. The molecule has 1 fully saturated rings. The highest BCUT2D eigenvalue weighted by Gasteiger charge is 2.29. The number of methoxy groups -OCH3 is 1. The first-order valence-corrected chi connectivity index (χ1v) is 9.73. The summed E-state index contributed by atoms with van der Waals surface area (Å²) in [5.74, 6) is 1.29. The number of hydrogen-bond acceptors (Lipinski definition) is 9. The lowest BCUT2D eigenvalue weighted by molar-refractivity contribution is -0.00992. The molecule has 1 aliphatic rings. The summed E-state index contributed by atoms with van der Waals surface area (Å²) in [5, 5.41) is 7.90. The van der Waals surface area contributed by atoms with E-state index in [1.54, 1.807) is 43.5 Å². The van der Waals surface area contributed by atoms with Crippen molar-refractivity contribution in [3.63, 3.8) is 0 Å². The Hall–Kier alpha value is -3.11. The van der Waals surface area contributed by atoms with Crippen molar-refractivity contribution in [1.82, 2.24) is 25.2 Å². The summed E-state index contributed by atoms with van der Waals surface area (Å²) in [5.41, 5.74) is 1.78. The van der Waals surface area contributed by atoms with E-state index >= 15 is 0 Å². The van der Waals surface area contributed by atoms with Gasteiger partial charge in [0.15, 0.2) is 11.5 Å². The molecule has 0 N–H and O–H groups in total. The summed E-state index contributed by atoms with van der Waals surface area (Å²) in [6, 6.07) is 3.60. The number of amides is 1. The van der Waals surface area contributed by atoms with Crippen LogP contribution in [0.5, 0.6) is 0 Å². The third-order valence-electron chi connectivity index (χ3n) is 4.98. The van der Waals surface area contributed by atoms with Crippen LogP contribution in [0.1, 0.15) is 40.5 Å². The Labute approximate surface area is 173 Å². The van der Waals surface area contributed by atoms with E-state index in [9.17, 15) is 4.79 Å². The number of hydrogen-bond donors (Lipinski definition) is 0. The second kappa shape index (κ2) is 9.14. The molecule has 3 aromatic rings. The van der Waals surface area contributed by atoms with Gasteiger partial charge in [-0.05, 0) is 31.9 Å². The van der Waals surface area contributed by atoms with Gasteiger partial charge in [-0.1, -0.05) is 10.3 Å². The Morgan fingerprint density at radius 3 is 2.87 bits per heavy atom. The number of aromatic nitrogens is 4. The molecule has 0 bridgehead atoms. The molecule has 0 saturated carbocycles. The van der Waals surface area contributed by atoms with E-state index in [0.717, 1.165) is 18.4 Å². The summed E-state index contributed by atoms with van der Waals surface area (Å²) in [6.07, 6.45) is 4.89. The zero-order valence-corrected chi connectivity index (χ0v) is 16.9. The number of aryl methyl sites for hydroxylation is 1. The van der Waals surface area contributed by atoms with Crippen LogP contribution in [0.4, 0.5) is 0 Å². The molecule has 1 atom stereocenters. The van der Waals surface area contributed by atoms with E-state index < -0.39 is 0 Å². The predicted octanol–water partition coefficient (Wildman–Crippen LogP) is 2.40. The fourth-order valence-electron chi connectivity index (χ4n) is 3.40. The molecule has 4 rings (SSSR count). The molecule has 0 radical (unpaired) electrons. The van der Waals surface area contributed by atoms with Crippen LogP contribution in [-0.4, -0.2) is 57.4 Å². The third kappa shape index (κ3) is 4.39. The van der Waals surface area contributed by atoms with Crippen LogP contribution in [0.2, 0.25) is 0 Å². The monoisotopic (exact) mass is 413 g/mol. The standard InChI is InChI=1S/C20H23N5O5/c1-13-16(11-27-2)18(24-29-13)20(26)25-9-3-4-15(10-25)28-12-17-22-19(30-23-17)14-5-7-21-8-6-14/h5-8,15H,3-4,9-12H2,1-2H3. The maximum absolute atomic E-state index is 12.9. The van der Waals surface area contributed by atoms with Gasteiger partial charge in [0, 0.05) is 38.2 Å². The number of likely N-dealkylation sites (tertiary alicyclic amines) is 1. The summed E-state index contributed by atoms with van der Waals surface area (Å²) < 4.78 is 21.6. The molecule has 3 aromatic heterocycles. The lowest BCUT2D eigenvalue weighted by atomic mass is 10.1. The average Bonchev–Trinajstić information content (AvgIpc) is 3.40. The van der Waals surface area contributed by atoms with Crippen LogP contribution in [0.25, 0.3) is 11.5 Å². The Kier molecular flexibility index (Phi) is 6.15. The average molecular weight is 413 g/mol. The molecular weight excluding hydrogens is 390 g/mol. The van der Waals surface area contributed by atoms with E-state index in [1.165, 1.54) is 0 Å². The number of carbonyl (C=O) groups is 1. The fourth-order valence-corrected chi connectivity index (χ4v) is 3.40. The van der Waals surface area contributed by atoms with Crippen molar-refractivity contribution in [3.05, 3.63) is 47.4 Å². The van der Waals surface area contributed by atoms with Gasteiger partial charge in [0.1, 0.15) is 12.4 Å². The molecule has 4 heterocycles. The van der Waals surface area contributed by atoms with Gasteiger partial charge in [-0.25, -0.2) is 0 Å². The lowest BCUT2D eigenvalue weighted by Crippen LogP contribution is -2.43.